The van der Waals surface area contributed by atoms with Crippen LogP contribution in [-0.4, -0.2) is 32.8 Å². The summed E-state index contributed by atoms with van der Waals surface area (Å²) in [5.41, 5.74) is 3.70. The van der Waals surface area contributed by atoms with E-state index in [9.17, 15) is 0 Å². The van der Waals surface area contributed by atoms with Crippen LogP contribution in [0, 0.1) is 0 Å². The Hall–Kier alpha value is -1.98. The summed E-state index contributed by atoms with van der Waals surface area (Å²) in [7, 11) is 0. The molecule has 0 bridgehead atoms. The molecule has 4 heterocycles. The molecule has 1 saturated heterocycles. The topological polar surface area (TPSA) is 55.6 Å². The van der Waals surface area contributed by atoms with Gasteiger partial charge >= 0.3 is 0 Å². The molecule has 5 nitrogen and oxygen atoms in total. The number of hydrogen-bond acceptors (Lipinski definition) is 4. The van der Waals surface area contributed by atoms with Gasteiger partial charge in [-0.25, -0.2) is 4.98 Å². The monoisotopic (exact) mass is 285 g/mol. The Bertz CT molecular complexity index is 778. The van der Waals surface area contributed by atoms with Crippen molar-refractivity contribution < 1.29 is 0 Å². The van der Waals surface area contributed by atoms with Gasteiger partial charge < -0.3 is 5.32 Å². The fourth-order valence-electron chi connectivity index (χ4n) is 2.29. The molecule has 20 heavy (non-hydrogen) atoms. The highest BCUT2D eigenvalue weighted by atomic mass is 35.5. The number of fused-ring (bicyclic) bond motifs is 1. The first-order valence-corrected chi connectivity index (χ1v) is 6.85. The molecule has 0 amide bonds. The molecule has 0 atom stereocenters. The van der Waals surface area contributed by atoms with Crippen molar-refractivity contribution in [3.8, 4) is 11.1 Å². The van der Waals surface area contributed by atoms with E-state index >= 15 is 0 Å². The van der Waals surface area contributed by atoms with Gasteiger partial charge in [0, 0.05) is 36.6 Å². The molecule has 0 radical (unpaired) electrons. The van der Waals surface area contributed by atoms with E-state index in [0.29, 0.717) is 11.2 Å². The predicted molar refractivity (Wildman–Crippen MR) is 77.7 cm³/mol. The highest BCUT2D eigenvalue weighted by Crippen LogP contribution is 2.23. The Kier molecular flexibility index (Phi) is 2.68. The first-order chi connectivity index (χ1) is 9.79. The number of rotatable bonds is 2. The van der Waals surface area contributed by atoms with E-state index < -0.39 is 0 Å². The summed E-state index contributed by atoms with van der Waals surface area (Å²) >= 11 is 5.93. The molecule has 0 saturated carbocycles. The van der Waals surface area contributed by atoms with Gasteiger partial charge in [-0.05, 0) is 18.2 Å². The summed E-state index contributed by atoms with van der Waals surface area (Å²) in [6.07, 6.45) is 5.77. The number of nitrogens with zero attached hydrogens (tertiary/aromatic N) is 4. The second-order valence-electron chi connectivity index (χ2n) is 4.92. The molecular formula is C14H12ClN5. The number of aromatic nitrogens is 4. The fourth-order valence-corrected chi connectivity index (χ4v) is 2.44. The molecule has 1 N–H and O–H groups in total. The standard InChI is InChI=1S/C14H12ClN5/c15-14-2-1-12-13(19-14)3-9(4-17-12)10-5-18-20(8-10)11-6-16-7-11/h1-5,8,11,16H,6-7H2. The molecule has 1 aliphatic rings. The minimum atomic E-state index is 0.463. The lowest BCUT2D eigenvalue weighted by Crippen LogP contribution is -2.43. The summed E-state index contributed by atoms with van der Waals surface area (Å²) in [5.74, 6) is 0. The second kappa shape index (κ2) is 4.54. The number of halogens is 1. The number of pyridine rings is 2. The fraction of sp³-hybridized carbons (Fsp3) is 0.214. The van der Waals surface area contributed by atoms with Crippen LogP contribution in [-0.2, 0) is 0 Å². The van der Waals surface area contributed by atoms with E-state index in [1.54, 1.807) is 6.07 Å². The molecule has 0 spiro atoms. The van der Waals surface area contributed by atoms with Crippen molar-refractivity contribution in [1.82, 2.24) is 25.1 Å². The van der Waals surface area contributed by atoms with Crippen LogP contribution in [0.5, 0.6) is 0 Å². The molecule has 4 rings (SSSR count). The first-order valence-electron chi connectivity index (χ1n) is 6.47. The van der Waals surface area contributed by atoms with E-state index in [0.717, 1.165) is 35.2 Å². The third-order valence-corrected chi connectivity index (χ3v) is 3.78. The quantitative estimate of drug-likeness (QED) is 0.734. The Balaban J connectivity index is 1.75. The SMILES string of the molecule is Clc1ccc2ncc(-c3cnn(C4CNC4)c3)cc2n1. The second-order valence-corrected chi connectivity index (χ2v) is 5.30. The van der Waals surface area contributed by atoms with Crippen LogP contribution in [0.15, 0.2) is 36.8 Å². The minimum absolute atomic E-state index is 0.463. The molecule has 3 aromatic heterocycles. The summed E-state index contributed by atoms with van der Waals surface area (Å²) in [4.78, 5) is 8.71. The van der Waals surface area contributed by atoms with Gasteiger partial charge in [0.25, 0.3) is 0 Å². The van der Waals surface area contributed by atoms with E-state index in [2.05, 4.69) is 26.6 Å². The molecule has 1 fully saturated rings. The summed E-state index contributed by atoms with van der Waals surface area (Å²) in [6, 6.07) is 6.08. The molecule has 0 unspecified atom stereocenters. The smallest absolute Gasteiger partial charge is 0.129 e. The lowest BCUT2D eigenvalue weighted by molar-refractivity contribution is 0.318. The van der Waals surface area contributed by atoms with Crippen LogP contribution in [0.4, 0.5) is 0 Å². The highest BCUT2D eigenvalue weighted by molar-refractivity contribution is 6.29. The normalized spacial score (nSPS) is 15.4. The van der Waals surface area contributed by atoms with Gasteiger partial charge in [0.1, 0.15) is 5.15 Å². The third-order valence-electron chi connectivity index (χ3n) is 3.57. The van der Waals surface area contributed by atoms with Gasteiger partial charge in [-0.15, -0.1) is 0 Å². The Morgan fingerprint density at radius 2 is 2.05 bits per heavy atom. The summed E-state index contributed by atoms with van der Waals surface area (Å²) < 4.78 is 2.00. The van der Waals surface area contributed by atoms with Crippen molar-refractivity contribution in [3.05, 3.63) is 41.9 Å². The molecule has 1 aliphatic heterocycles. The van der Waals surface area contributed by atoms with Crippen LogP contribution in [0.25, 0.3) is 22.2 Å². The zero-order valence-electron chi connectivity index (χ0n) is 10.6. The van der Waals surface area contributed by atoms with E-state index in [4.69, 9.17) is 11.6 Å². The molecule has 100 valence electrons. The van der Waals surface area contributed by atoms with Crippen LogP contribution < -0.4 is 5.32 Å². The third kappa shape index (κ3) is 1.95. The Morgan fingerprint density at radius 1 is 1.15 bits per heavy atom. The average molecular weight is 286 g/mol. The van der Waals surface area contributed by atoms with Crippen molar-refractivity contribution in [3.63, 3.8) is 0 Å². The zero-order valence-corrected chi connectivity index (χ0v) is 11.4. The van der Waals surface area contributed by atoms with Gasteiger partial charge in [-0.1, -0.05) is 11.6 Å². The maximum atomic E-state index is 5.93. The van der Waals surface area contributed by atoms with Gasteiger partial charge in [0.15, 0.2) is 0 Å². The van der Waals surface area contributed by atoms with Gasteiger partial charge in [0.05, 0.1) is 23.3 Å². The highest BCUT2D eigenvalue weighted by Gasteiger charge is 2.19. The van der Waals surface area contributed by atoms with Crippen LogP contribution in [0.2, 0.25) is 5.15 Å². The lowest BCUT2D eigenvalue weighted by atomic mass is 10.1. The average Bonchev–Trinajstić information content (AvgIpc) is 2.85. The molecule has 0 aliphatic carbocycles. The molecule has 3 aromatic rings. The lowest BCUT2D eigenvalue weighted by Gasteiger charge is -2.27. The maximum Gasteiger partial charge on any atom is 0.129 e. The van der Waals surface area contributed by atoms with E-state index in [1.807, 2.05) is 29.2 Å². The van der Waals surface area contributed by atoms with Gasteiger partial charge in [-0.2, -0.15) is 5.10 Å². The van der Waals surface area contributed by atoms with E-state index in [1.165, 1.54) is 0 Å². The minimum Gasteiger partial charge on any atom is -0.312 e. The molecular weight excluding hydrogens is 274 g/mol. The van der Waals surface area contributed by atoms with Crippen molar-refractivity contribution in [1.29, 1.82) is 0 Å². The Morgan fingerprint density at radius 3 is 2.85 bits per heavy atom. The number of nitrogens with one attached hydrogen (secondary N) is 1. The van der Waals surface area contributed by atoms with Crippen molar-refractivity contribution in [2.75, 3.05) is 13.1 Å². The zero-order chi connectivity index (χ0) is 13.5. The van der Waals surface area contributed by atoms with Crippen LogP contribution in [0.1, 0.15) is 6.04 Å². The molecule has 0 aromatic carbocycles. The van der Waals surface area contributed by atoms with Crippen molar-refractivity contribution in [2.45, 2.75) is 6.04 Å². The van der Waals surface area contributed by atoms with Crippen LogP contribution >= 0.6 is 11.6 Å². The predicted octanol–water partition coefficient (Wildman–Crippen LogP) is 2.29. The van der Waals surface area contributed by atoms with Gasteiger partial charge in [-0.3, -0.25) is 9.67 Å². The van der Waals surface area contributed by atoms with Crippen LogP contribution in [0.3, 0.4) is 0 Å². The summed E-state index contributed by atoms with van der Waals surface area (Å²) in [5, 5.41) is 8.14. The van der Waals surface area contributed by atoms with E-state index in [-0.39, 0.29) is 0 Å². The van der Waals surface area contributed by atoms with Gasteiger partial charge in [0.2, 0.25) is 0 Å². The number of hydrogen-bond donors (Lipinski definition) is 1. The van der Waals surface area contributed by atoms with Crippen molar-refractivity contribution in [2.24, 2.45) is 0 Å². The maximum absolute atomic E-state index is 5.93. The molecule has 6 heteroatoms. The Labute approximate surface area is 120 Å². The largest absolute Gasteiger partial charge is 0.312 e. The summed E-state index contributed by atoms with van der Waals surface area (Å²) in [6.45, 7) is 1.96. The first kappa shape index (κ1) is 11.8. The van der Waals surface area contributed by atoms with Crippen molar-refractivity contribution >= 4 is 22.6 Å².